The van der Waals surface area contributed by atoms with E-state index in [-0.39, 0.29) is 0 Å². The SMILES string of the molecule is CN(Cc1cc2n(n1)CCNC2)Cc1nc(-c2ccccc2)cs1. The van der Waals surface area contributed by atoms with Gasteiger partial charge < -0.3 is 5.32 Å². The molecule has 0 radical (unpaired) electrons. The van der Waals surface area contributed by atoms with E-state index in [1.54, 1.807) is 11.3 Å². The van der Waals surface area contributed by atoms with Gasteiger partial charge in [-0.15, -0.1) is 11.3 Å². The normalized spacial score (nSPS) is 14.1. The molecule has 0 aliphatic carbocycles. The Morgan fingerprint density at radius 3 is 2.96 bits per heavy atom. The number of benzene rings is 1. The Hall–Kier alpha value is -2.02. The van der Waals surface area contributed by atoms with Crippen LogP contribution in [0.5, 0.6) is 0 Å². The molecule has 3 heterocycles. The highest BCUT2D eigenvalue weighted by molar-refractivity contribution is 7.09. The first-order valence-corrected chi connectivity index (χ1v) is 9.10. The van der Waals surface area contributed by atoms with Crippen LogP contribution in [-0.2, 0) is 26.2 Å². The van der Waals surface area contributed by atoms with Crippen LogP contribution in [0.4, 0.5) is 0 Å². The van der Waals surface area contributed by atoms with Crippen molar-refractivity contribution in [1.29, 1.82) is 0 Å². The Morgan fingerprint density at radius 2 is 2.12 bits per heavy atom. The second kappa shape index (κ2) is 6.84. The van der Waals surface area contributed by atoms with Crippen LogP contribution in [-0.4, -0.2) is 33.3 Å². The third kappa shape index (κ3) is 3.40. The van der Waals surface area contributed by atoms with Crippen LogP contribution in [0, 0.1) is 0 Å². The summed E-state index contributed by atoms with van der Waals surface area (Å²) in [6.07, 6.45) is 0. The zero-order chi connectivity index (χ0) is 16.4. The van der Waals surface area contributed by atoms with Gasteiger partial charge in [-0.1, -0.05) is 30.3 Å². The summed E-state index contributed by atoms with van der Waals surface area (Å²) in [6.45, 7) is 4.58. The average molecular weight is 339 g/mol. The maximum Gasteiger partial charge on any atom is 0.107 e. The maximum absolute atomic E-state index is 4.77. The predicted molar refractivity (Wildman–Crippen MR) is 96.7 cm³/mol. The van der Waals surface area contributed by atoms with E-state index in [1.165, 1.54) is 11.3 Å². The summed E-state index contributed by atoms with van der Waals surface area (Å²) in [7, 11) is 2.13. The van der Waals surface area contributed by atoms with Gasteiger partial charge in [-0.25, -0.2) is 4.98 Å². The lowest BCUT2D eigenvalue weighted by Crippen LogP contribution is -2.28. The van der Waals surface area contributed by atoms with Gasteiger partial charge in [-0.05, 0) is 13.1 Å². The summed E-state index contributed by atoms with van der Waals surface area (Å²) in [5, 5.41) is 11.4. The van der Waals surface area contributed by atoms with Gasteiger partial charge in [0.2, 0.25) is 0 Å². The van der Waals surface area contributed by atoms with E-state index in [2.05, 4.69) is 57.7 Å². The lowest BCUT2D eigenvalue weighted by Gasteiger charge is -2.14. The molecular formula is C18H21N5S. The smallest absolute Gasteiger partial charge is 0.107 e. The molecule has 3 aromatic rings. The van der Waals surface area contributed by atoms with Crippen LogP contribution < -0.4 is 5.32 Å². The highest BCUT2D eigenvalue weighted by atomic mass is 32.1. The lowest BCUT2D eigenvalue weighted by atomic mass is 10.2. The molecule has 0 unspecified atom stereocenters. The fraction of sp³-hybridized carbons (Fsp3) is 0.333. The molecule has 124 valence electrons. The molecule has 1 N–H and O–H groups in total. The van der Waals surface area contributed by atoms with Gasteiger partial charge in [0.1, 0.15) is 5.01 Å². The molecule has 0 fully saturated rings. The van der Waals surface area contributed by atoms with E-state index >= 15 is 0 Å². The quantitative estimate of drug-likeness (QED) is 0.776. The molecule has 24 heavy (non-hydrogen) atoms. The van der Waals surface area contributed by atoms with Crippen molar-refractivity contribution in [1.82, 2.24) is 25.0 Å². The fourth-order valence-corrected chi connectivity index (χ4v) is 3.90. The van der Waals surface area contributed by atoms with Crippen LogP contribution in [0.15, 0.2) is 41.8 Å². The molecule has 0 amide bonds. The van der Waals surface area contributed by atoms with Crippen LogP contribution in [0.3, 0.4) is 0 Å². The number of aromatic nitrogens is 3. The first-order chi connectivity index (χ1) is 11.8. The van der Waals surface area contributed by atoms with Crippen LogP contribution in [0.2, 0.25) is 0 Å². The van der Waals surface area contributed by atoms with E-state index < -0.39 is 0 Å². The van der Waals surface area contributed by atoms with Crippen molar-refractivity contribution < 1.29 is 0 Å². The minimum absolute atomic E-state index is 0.845. The average Bonchev–Trinajstić information content (AvgIpc) is 3.21. The molecule has 4 rings (SSSR count). The van der Waals surface area contributed by atoms with Gasteiger partial charge in [0, 0.05) is 30.6 Å². The first kappa shape index (κ1) is 15.5. The number of nitrogens with one attached hydrogen (secondary N) is 1. The summed E-state index contributed by atoms with van der Waals surface area (Å²) in [6, 6.07) is 12.6. The van der Waals surface area contributed by atoms with E-state index in [4.69, 9.17) is 10.1 Å². The summed E-state index contributed by atoms with van der Waals surface area (Å²) in [4.78, 5) is 7.04. The first-order valence-electron chi connectivity index (χ1n) is 8.22. The Bertz CT molecular complexity index is 784. The number of nitrogens with zero attached hydrogens (tertiary/aromatic N) is 4. The van der Waals surface area contributed by atoms with Gasteiger partial charge >= 0.3 is 0 Å². The van der Waals surface area contributed by atoms with Crippen molar-refractivity contribution in [3.63, 3.8) is 0 Å². The van der Waals surface area contributed by atoms with Crippen LogP contribution >= 0.6 is 11.3 Å². The van der Waals surface area contributed by atoms with Gasteiger partial charge in [0.05, 0.1) is 30.2 Å². The molecule has 0 bridgehead atoms. The van der Waals surface area contributed by atoms with Crippen molar-refractivity contribution in [2.45, 2.75) is 26.2 Å². The predicted octanol–water partition coefficient (Wildman–Crippen LogP) is 2.74. The third-order valence-electron chi connectivity index (χ3n) is 4.18. The molecule has 0 atom stereocenters. The van der Waals surface area contributed by atoms with Crippen molar-refractivity contribution in [2.24, 2.45) is 0 Å². The van der Waals surface area contributed by atoms with Crippen molar-refractivity contribution in [3.8, 4) is 11.3 Å². The lowest BCUT2D eigenvalue weighted by molar-refractivity contribution is 0.312. The molecule has 1 aromatic carbocycles. The monoisotopic (exact) mass is 339 g/mol. The molecule has 5 nitrogen and oxygen atoms in total. The molecule has 6 heteroatoms. The van der Waals surface area contributed by atoms with E-state index in [0.29, 0.717) is 0 Å². The van der Waals surface area contributed by atoms with E-state index in [1.807, 2.05) is 6.07 Å². The number of thiazole rings is 1. The van der Waals surface area contributed by atoms with Crippen LogP contribution in [0.1, 0.15) is 16.4 Å². The highest BCUT2D eigenvalue weighted by Crippen LogP contribution is 2.22. The summed E-state index contributed by atoms with van der Waals surface area (Å²) < 4.78 is 2.12. The van der Waals surface area contributed by atoms with Gasteiger partial charge in [-0.3, -0.25) is 9.58 Å². The molecule has 0 saturated heterocycles. The van der Waals surface area contributed by atoms with E-state index in [9.17, 15) is 0 Å². The minimum Gasteiger partial charge on any atom is -0.309 e. The summed E-state index contributed by atoms with van der Waals surface area (Å²) >= 11 is 1.72. The number of hydrogen-bond donors (Lipinski definition) is 1. The molecular weight excluding hydrogens is 318 g/mol. The molecule has 1 aliphatic rings. The topological polar surface area (TPSA) is 46.0 Å². The van der Waals surface area contributed by atoms with Gasteiger partial charge in [-0.2, -0.15) is 5.10 Å². The minimum atomic E-state index is 0.845. The fourth-order valence-electron chi connectivity index (χ4n) is 3.02. The number of hydrogen-bond acceptors (Lipinski definition) is 5. The number of fused-ring (bicyclic) bond motifs is 1. The molecule has 2 aromatic heterocycles. The largest absolute Gasteiger partial charge is 0.309 e. The Morgan fingerprint density at radius 1 is 1.25 bits per heavy atom. The maximum atomic E-state index is 4.77. The van der Waals surface area contributed by atoms with Crippen molar-refractivity contribution >= 4 is 11.3 Å². The zero-order valence-electron chi connectivity index (χ0n) is 13.8. The van der Waals surface area contributed by atoms with Crippen molar-refractivity contribution in [2.75, 3.05) is 13.6 Å². The standard InChI is InChI=1S/C18H21N5S/c1-22(11-15-9-16-10-19-7-8-23(16)21-15)12-18-20-17(13-24-18)14-5-3-2-4-6-14/h2-6,9,13,19H,7-8,10-12H2,1H3. The van der Waals surface area contributed by atoms with Gasteiger partial charge in [0.15, 0.2) is 0 Å². The third-order valence-corrected chi connectivity index (χ3v) is 5.01. The number of rotatable bonds is 5. The summed E-state index contributed by atoms with van der Waals surface area (Å²) in [5.74, 6) is 0. The Kier molecular flexibility index (Phi) is 4.42. The molecule has 0 saturated carbocycles. The van der Waals surface area contributed by atoms with Crippen molar-refractivity contribution in [3.05, 3.63) is 58.2 Å². The second-order valence-electron chi connectivity index (χ2n) is 6.19. The van der Waals surface area contributed by atoms with Gasteiger partial charge in [0.25, 0.3) is 0 Å². The molecule has 0 spiro atoms. The second-order valence-corrected chi connectivity index (χ2v) is 7.13. The van der Waals surface area contributed by atoms with E-state index in [0.717, 1.165) is 49.1 Å². The highest BCUT2D eigenvalue weighted by Gasteiger charge is 2.13. The Labute approximate surface area is 146 Å². The Balaban J connectivity index is 1.40. The molecule has 1 aliphatic heterocycles. The zero-order valence-corrected chi connectivity index (χ0v) is 14.6. The van der Waals surface area contributed by atoms with Crippen LogP contribution in [0.25, 0.3) is 11.3 Å². The summed E-state index contributed by atoms with van der Waals surface area (Å²) in [5.41, 5.74) is 4.66.